The number of halogens is 1. The van der Waals surface area contributed by atoms with Crippen LogP contribution in [0.3, 0.4) is 0 Å². The number of aromatic nitrogens is 2. The van der Waals surface area contributed by atoms with E-state index in [1.807, 2.05) is 0 Å². The summed E-state index contributed by atoms with van der Waals surface area (Å²) in [6.45, 7) is 2.01. The van der Waals surface area contributed by atoms with Crippen LogP contribution in [0.25, 0.3) is 0 Å². The van der Waals surface area contributed by atoms with Crippen LogP contribution in [-0.4, -0.2) is 29.0 Å². The number of hydrogen-bond acceptors (Lipinski definition) is 4. The molecule has 2 heterocycles. The van der Waals surface area contributed by atoms with E-state index in [0.717, 1.165) is 18.9 Å². The Balaban J connectivity index is 1.66. The number of nitrogens with zero attached hydrogens (tertiary/aromatic N) is 3. The average Bonchev–Trinajstić information content (AvgIpc) is 2.86. The summed E-state index contributed by atoms with van der Waals surface area (Å²) in [5.41, 5.74) is 0.983. The van der Waals surface area contributed by atoms with Crippen LogP contribution in [0, 0.1) is 0 Å². The monoisotopic (exact) mass is 330 g/mol. The lowest BCUT2D eigenvalue weighted by molar-refractivity contribution is 0.102. The van der Waals surface area contributed by atoms with Gasteiger partial charge in [0.25, 0.3) is 5.91 Å². The molecule has 23 heavy (non-hydrogen) atoms. The highest BCUT2D eigenvalue weighted by atomic mass is 35.5. The van der Waals surface area contributed by atoms with Crippen molar-refractivity contribution in [2.75, 3.05) is 23.3 Å². The first-order valence-electron chi connectivity index (χ1n) is 7.86. The molecule has 1 N–H and O–H groups in total. The van der Waals surface area contributed by atoms with E-state index in [1.54, 1.807) is 30.5 Å². The number of hydrogen-bond donors (Lipinski definition) is 1. The van der Waals surface area contributed by atoms with Crippen molar-refractivity contribution in [2.24, 2.45) is 0 Å². The first kappa shape index (κ1) is 15.7. The van der Waals surface area contributed by atoms with Crippen molar-refractivity contribution < 1.29 is 4.79 Å². The lowest BCUT2D eigenvalue weighted by atomic mass is 10.2. The van der Waals surface area contributed by atoms with Crippen LogP contribution >= 0.6 is 11.6 Å². The van der Waals surface area contributed by atoms with E-state index in [2.05, 4.69) is 20.2 Å². The lowest BCUT2D eigenvalue weighted by Crippen LogP contribution is -2.25. The van der Waals surface area contributed by atoms with Gasteiger partial charge in [-0.25, -0.2) is 9.97 Å². The number of rotatable bonds is 3. The summed E-state index contributed by atoms with van der Waals surface area (Å²) in [4.78, 5) is 23.1. The minimum absolute atomic E-state index is 0.276. The molecule has 2 aromatic rings. The van der Waals surface area contributed by atoms with Gasteiger partial charge in [0.1, 0.15) is 11.5 Å². The molecule has 0 aliphatic carbocycles. The van der Waals surface area contributed by atoms with Crippen molar-refractivity contribution in [2.45, 2.75) is 25.7 Å². The minimum atomic E-state index is -0.276. The first-order chi connectivity index (χ1) is 11.2. The quantitative estimate of drug-likeness (QED) is 0.930. The first-order valence-corrected chi connectivity index (χ1v) is 8.24. The van der Waals surface area contributed by atoms with Crippen molar-refractivity contribution in [1.29, 1.82) is 0 Å². The summed E-state index contributed by atoms with van der Waals surface area (Å²) in [7, 11) is 0. The molecular formula is C17H19ClN4O. The lowest BCUT2D eigenvalue weighted by Gasteiger charge is -2.20. The molecule has 1 aliphatic heterocycles. The largest absolute Gasteiger partial charge is 0.355 e. The molecule has 1 aromatic carbocycles. The summed E-state index contributed by atoms with van der Waals surface area (Å²) in [5, 5.41) is 3.41. The van der Waals surface area contributed by atoms with Gasteiger partial charge >= 0.3 is 0 Å². The average molecular weight is 331 g/mol. The molecule has 120 valence electrons. The van der Waals surface area contributed by atoms with Crippen LogP contribution in [0.2, 0.25) is 5.02 Å². The summed E-state index contributed by atoms with van der Waals surface area (Å²) >= 11 is 5.83. The van der Waals surface area contributed by atoms with E-state index in [1.165, 1.54) is 31.9 Å². The van der Waals surface area contributed by atoms with Crippen molar-refractivity contribution in [3.8, 4) is 0 Å². The number of amides is 1. The highest BCUT2D eigenvalue weighted by Crippen LogP contribution is 2.17. The van der Waals surface area contributed by atoms with Gasteiger partial charge in [0, 0.05) is 23.8 Å². The zero-order chi connectivity index (χ0) is 16.1. The number of carbonyl (C=O) groups excluding carboxylic acids is 1. The highest BCUT2D eigenvalue weighted by Gasteiger charge is 2.13. The molecule has 1 fully saturated rings. The zero-order valence-electron chi connectivity index (χ0n) is 12.8. The maximum atomic E-state index is 12.2. The Labute approximate surface area is 140 Å². The van der Waals surface area contributed by atoms with Crippen LogP contribution in [-0.2, 0) is 0 Å². The fourth-order valence-corrected chi connectivity index (χ4v) is 2.76. The predicted molar refractivity (Wildman–Crippen MR) is 92.1 cm³/mol. The molecule has 0 unspecified atom stereocenters. The van der Waals surface area contributed by atoms with Gasteiger partial charge in [0.2, 0.25) is 0 Å². The third-order valence-electron chi connectivity index (χ3n) is 3.90. The maximum Gasteiger partial charge on any atom is 0.275 e. The number of benzene rings is 1. The van der Waals surface area contributed by atoms with Gasteiger partial charge in [0.15, 0.2) is 0 Å². The van der Waals surface area contributed by atoms with Crippen molar-refractivity contribution in [1.82, 2.24) is 9.97 Å². The summed E-state index contributed by atoms with van der Waals surface area (Å²) in [5.74, 6) is 0.567. The van der Waals surface area contributed by atoms with Crippen LogP contribution in [0.15, 0.2) is 36.7 Å². The summed E-state index contributed by atoms with van der Waals surface area (Å²) in [6.07, 6.45) is 8.12. The fraction of sp³-hybridized carbons (Fsp3) is 0.353. The molecule has 0 bridgehead atoms. The van der Waals surface area contributed by atoms with Gasteiger partial charge in [0.05, 0.1) is 12.4 Å². The Bertz CT molecular complexity index is 649. The van der Waals surface area contributed by atoms with Crippen LogP contribution < -0.4 is 10.2 Å². The predicted octanol–water partition coefficient (Wildman–Crippen LogP) is 3.76. The second-order valence-electron chi connectivity index (χ2n) is 5.62. The molecule has 1 amide bonds. The molecule has 0 saturated carbocycles. The van der Waals surface area contributed by atoms with E-state index >= 15 is 0 Å². The van der Waals surface area contributed by atoms with E-state index in [-0.39, 0.29) is 5.91 Å². The van der Waals surface area contributed by atoms with E-state index in [9.17, 15) is 4.79 Å². The topological polar surface area (TPSA) is 58.1 Å². The molecule has 0 atom stereocenters. The second-order valence-corrected chi connectivity index (χ2v) is 6.06. The van der Waals surface area contributed by atoms with Crippen molar-refractivity contribution in [3.05, 3.63) is 47.4 Å². The van der Waals surface area contributed by atoms with Gasteiger partial charge in [-0.2, -0.15) is 0 Å². The molecule has 6 heteroatoms. The molecule has 1 aromatic heterocycles. The van der Waals surface area contributed by atoms with Crippen molar-refractivity contribution in [3.63, 3.8) is 0 Å². The number of carbonyl (C=O) groups is 1. The van der Waals surface area contributed by atoms with Crippen LogP contribution in [0.1, 0.15) is 36.2 Å². The molecule has 5 nitrogen and oxygen atoms in total. The second kappa shape index (κ2) is 7.42. The molecule has 0 spiro atoms. The number of nitrogens with one attached hydrogen (secondary N) is 1. The molecule has 0 radical (unpaired) electrons. The third-order valence-corrected chi connectivity index (χ3v) is 4.15. The molecule has 3 rings (SSSR count). The van der Waals surface area contributed by atoms with Gasteiger partial charge in [-0.15, -0.1) is 0 Å². The number of anilines is 2. The van der Waals surface area contributed by atoms with Crippen LogP contribution in [0.5, 0.6) is 0 Å². The van der Waals surface area contributed by atoms with E-state index in [0.29, 0.717) is 16.4 Å². The zero-order valence-corrected chi connectivity index (χ0v) is 13.6. The molecule has 1 saturated heterocycles. The van der Waals surface area contributed by atoms with Gasteiger partial charge < -0.3 is 10.2 Å². The van der Waals surface area contributed by atoms with Gasteiger partial charge in [-0.05, 0) is 37.1 Å². The summed E-state index contributed by atoms with van der Waals surface area (Å²) < 4.78 is 0. The van der Waals surface area contributed by atoms with Gasteiger partial charge in [-0.1, -0.05) is 24.4 Å². The fourth-order valence-electron chi connectivity index (χ4n) is 2.63. The molecule has 1 aliphatic rings. The SMILES string of the molecule is O=C(Nc1ccc(Cl)cc1)c1cnc(N2CCCCCC2)cn1. The Morgan fingerprint density at radius 1 is 1.00 bits per heavy atom. The minimum Gasteiger partial charge on any atom is -0.355 e. The third kappa shape index (κ3) is 4.20. The van der Waals surface area contributed by atoms with Crippen molar-refractivity contribution >= 4 is 29.0 Å². The molecular weight excluding hydrogens is 312 g/mol. The van der Waals surface area contributed by atoms with Crippen LogP contribution in [0.4, 0.5) is 11.5 Å². The standard InChI is InChI=1S/C17H19ClN4O/c18-13-5-7-14(8-6-13)21-17(23)15-11-20-16(12-19-15)22-9-3-1-2-4-10-22/h5-8,11-12H,1-4,9-10H2,(H,21,23). The smallest absolute Gasteiger partial charge is 0.275 e. The normalized spacial score (nSPS) is 15.1. The highest BCUT2D eigenvalue weighted by molar-refractivity contribution is 6.30. The van der Waals surface area contributed by atoms with E-state index in [4.69, 9.17) is 11.6 Å². The Morgan fingerprint density at radius 2 is 1.70 bits per heavy atom. The Hall–Kier alpha value is -2.14. The Kier molecular flexibility index (Phi) is 5.08. The van der Waals surface area contributed by atoms with E-state index < -0.39 is 0 Å². The maximum absolute atomic E-state index is 12.2. The summed E-state index contributed by atoms with van der Waals surface area (Å²) in [6, 6.07) is 6.95. The Morgan fingerprint density at radius 3 is 2.30 bits per heavy atom. The van der Waals surface area contributed by atoms with Gasteiger partial charge in [-0.3, -0.25) is 4.79 Å².